The van der Waals surface area contributed by atoms with Gasteiger partial charge in [0.2, 0.25) is 0 Å². The maximum Gasteiger partial charge on any atom is 0.308 e. The van der Waals surface area contributed by atoms with Crippen molar-refractivity contribution >= 4 is 5.97 Å². The van der Waals surface area contributed by atoms with Gasteiger partial charge >= 0.3 is 5.97 Å². The summed E-state index contributed by atoms with van der Waals surface area (Å²) in [5.41, 5.74) is -2.56. The molecule has 0 aromatic carbocycles. The van der Waals surface area contributed by atoms with Crippen molar-refractivity contribution in [2.75, 3.05) is 19.8 Å². The Morgan fingerprint density at radius 1 is 0.650 bits per heavy atom. The first-order chi connectivity index (χ1) is 19.2. The normalized spacial score (nSPS) is 36.2. The number of aliphatic hydroxyl groups is 8. The van der Waals surface area contributed by atoms with Crippen LogP contribution in [0, 0.1) is 0 Å². The van der Waals surface area contributed by atoms with Crippen LogP contribution in [0.15, 0.2) is 0 Å². The molecule has 0 aromatic rings. The van der Waals surface area contributed by atoms with Crippen molar-refractivity contribution < 1.29 is 59.9 Å². The van der Waals surface area contributed by atoms with Gasteiger partial charge in [-0.2, -0.15) is 0 Å². The molecule has 8 N–H and O–H groups in total. The van der Waals surface area contributed by atoms with Gasteiger partial charge in [0.15, 0.2) is 11.7 Å². The Morgan fingerprint density at radius 3 is 1.57 bits per heavy atom. The lowest BCUT2D eigenvalue weighted by molar-refractivity contribution is -0.415. The van der Waals surface area contributed by atoms with Gasteiger partial charge in [-0.25, -0.2) is 0 Å². The molecule has 9 atom stereocenters. The van der Waals surface area contributed by atoms with Gasteiger partial charge in [0.25, 0.3) is 5.79 Å². The van der Waals surface area contributed by atoms with Crippen LogP contribution in [0.5, 0.6) is 0 Å². The Hall–Kier alpha value is -0.930. The Balaban J connectivity index is 1.96. The minimum atomic E-state index is -2.83. The van der Waals surface area contributed by atoms with Gasteiger partial charge in [-0.05, 0) is 6.42 Å². The molecule has 40 heavy (non-hydrogen) atoms. The maximum atomic E-state index is 13.0. The van der Waals surface area contributed by atoms with Crippen molar-refractivity contribution in [1.82, 2.24) is 0 Å². The lowest BCUT2D eigenvalue weighted by Gasteiger charge is -2.54. The van der Waals surface area contributed by atoms with E-state index in [0.717, 1.165) is 25.7 Å². The van der Waals surface area contributed by atoms with E-state index >= 15 is 0 Å². The van der Waals surface area contributed by atoms with Crippen LogP contribution >= 0.6 is 0 Å². The van der Waals surface area contributed by atoms with Crippen molar-refractivity contribution in [3.05, 3.63) is 0 Å². The summed E-state index contributed by atoms with van der Waals surface area (Å²) >= 11 is 0. The molecule has 2 aliphatic rings. The van der Waals surface area contributed by atoms with Gasteiger partial charge in [-0.15, -0.1) is 0 Å². The highest BCUT2D eigenvalue weighted by Crippen LogP contribution is 2.48. The molecule has 0 spiro atoms. The average molecular weight is 581 g/mol. The second-order valence-corrected chi connectivity index (χ2v) is 11.2. The molecule has 0 unspecified atom stereocenters. The topological polar surface area (TPSA) is 207 Å². The third kappa shape index (κ3) is 8.12. The van der Waals surface area contributed by atoms with E-state index in [1.54, 1.807) is 0 Å². The zero-order valence-electron chi connectivity index (χ0n) is 23.8. The van der Waals surface area contributed by atoms with Crippen LogP contribution in [-0.2, 0) is 19.0 Å². The number of esters is 1. The summed E-state index contributed by atoms with van der Waals surface area (Å²) < 4.78 is 16.7. The fourth-order valence-electron chi connectivity index (χ4n) is 5.73. The molecule has 0 amide bonds. The van der Waals surface area contributed by atoms with E-state index in [1.165, 1.54) is 51.4 Å². The standard InChI is InChI=1S/C28H52O12/c1-2-3-4-5-6-7-8-9-10-11-12-13-14-15-21(32)40-28(26(37)24(35)22(33)19(16-29)39-28)27(18-31)25(36)23(34)20(17-30)38-27/h19-20,22-26,29-31,33-37H,2-18H2,1H3/t19-,20-,22-,23-,24+,25+,26-,27+,28+/m0/s1. The molecule has 12 nitrogen and oxygen atoms in total. The maximum absolute atomic E-state index is 13.0. The van der Waals surface area contributed by atoms with Gasteiger partial charge < -0.3 is 55.1 Å². The van der Waals surface area contributed by atoms with Gasteiger partial charge in [-0.3, -0.25) is 4.79 Å². The van der Waals surface area contributed by atoms with E-state index in [4.69, 9.17) is 14.2 Å². The molecule has 0 aliphatic carbocycles. The summed E-state index contributed by atoms with van der Waals surface area (Å²) in [6, 6.07) is 0. The van der Waals surface area contributed by atoms with Crippen molar-refractivity contribution in [3.8, 4) is 0 Å². The Labute approximate surface area is 236 Å². The van der Waals surface area contributed by atoms with Crippen LogP contribution in [0.1, 0.15) is 96.8 Å². The number of carbonyl (C=O) groups excluding carboxylic acids is 1. The summed E-state index contributed by atoms with van der Waals surface area (Å²) in [6.45, 7) is -0.644. The molecule has 236 valence electrons. The minimum Gasteiger partial charge on any atom is -0.427 e. The molecule has 2 aliphatic heterocycles. The largest absolute Gasteiger partial charge is 0.427 e. The number of rotatable bonds is 19. The number of hydrogen-bond acceptors (Lipinski definition) is 12. The van der Waals surface area contributed by atoms with Crippen molar-refractivity contribution in [1.29, 1.82) is 0 Å². The third-order valence-corrected chi connectivity index (χ3v) is 8.25. The quantitative estimate of drug-likeness (QED) is 0.0752. The fraction of sp³-hybridized carbons (Fsp3) is 0.964. The number of unbranched alkanes of at least 4 members (excludes halogenated alkanes) is 12. The van der Waals surface area contributed by atoms with Crippen LogP contribution in [-0.4, -0.2) is 121 Å². The molecule has 0 radical (unpaired) electrons. The monoisotopic (exact) mass is 580 g/mol. The molecule has 2 rings (SSSR count). The van der Waals surface area contributed by atoms with Crippen LogP contribution < -0.4 is 0 Å². The molecule has 0 bridgehead atoms. The highest BCUT2D eigenvalue weighted by atomic mass is 16.8. The summed E-state index contributed by atoms with van der Waals surface area (Å²) in [4.78, 5) is 13.0. The van der Waals surface area contributed by atoms with Crippen LogP contribution in [0.2, 0.25) is 0 Å². The summed E-state index contributed by atoms with van der Waals surface area (Å²) in [7, 11) is 0. The van der Waals surface area contributed by atoms with Gasteiger partial charge in [0, 0.05) is 6.42 Å². The lowest BCUT2D eigenvalue weighted by atomic mass is 9.78. The molecule has 0 saturated carbocycles. The van der Waals surface area contributed by atoms with E-state index in [2.05, 4.69) is 6.92 Å². The number of aliphatic hydroxyl groups excluding tert-OH is 8. The van der Waals surface area contributed by atoms with Crippen molar-refractivity contribution in [2.24, 2.45) is 0 Å². The molecular weight excluding hydrogens is 528 g/mol. The van der Waals surface area contributed by atoms with E-state index < -0.39 is 79.9 Å². The summed E-state index contributed by atoms with van der Waals surface area (Å²) in [5.74, 6) is -3.74. The second-order valence-electron chi connectivity index (χ2n) is 11.2. The Kier molecular flexibility index (Phi) is 15.2. The fourth-order valence-corrected chi connectivity index (χ4v) is 5.73. The summed E-state index contributed by atoms with van der Waals surface area (Å²) in [5, 5.41) is 82.6. The molecule has 2 saturated heterocycles. The first kappa shape index (κ1) is 35.3. The van der Waals surface area contributed by atoms with Crippen LogP contribution in [0.4, 0.5) is 0 Å². The summed E-state index contributed by atoms with van der Waals surface area (Å²) in [6.07, 6.45) is 1.27. The first-order valence-corrected chi connectivity index (χ1v) is 15.0. The van der Waals surface area contributed by atoms with Gasteiger partial charge in [0.05, 0.1) is 19.8 Å². The van der Waals surface area contributed by atoms with Gasteiger partial charge in [-0.1, -0.05) is 84.0 Å². The highest BCUT2D eigenvalue weighted by Gasteiger charge is 2.74. The van der Waals surface area contributed by atoms with E-state index in [-0.39, 0.29) is 6.42 Å². The van der Waals surface area contributed by atoms with E-state index in [9.17, 15) is 45.6 Å². The minimum absolute atomic E-state index is 0.123. The Bertz CT molecular complexity index is 723. The third-order valence-electron chi connectivity index (χ3n) is 8.25. The number of ether oxygens (including phenoxy) is 3. The van der Waals surface area contributed by atoms with E-state index in [1.807, 2.05) is 0 Å². The molecule has 2 fully saturated rings. The SMILES string of the molecule is CCCCCCCCCCCCCCCC(=O)O[C@]1([C@]2(CO)O[C@@H](CO)[C@H](O)[C@H]2O)O[C@@H](CO)[C@H](O)[C@@H](O)[C@@H]1O. The van der Waals surface area contributed by atoms with E-state index in [0.29, 0.717) is 6.42 Å². The van der Waals surface area contributed by atoms with Crippen molar-refractivity contribution in [2.45, 2.75) is 151 Å². The predicted molar refractivity (Wildman–Crippen MR) is 143 cm³/mol. The zero-order valence-corrected chi connectivity index (χ0v) is 23.8. The van der Waals surface area contributed by atoms with Crippen LogP contribution in [0.3, 0.4) is 0 Å². The van der Waals surface area contributed by atoms with Crippen LogP contribution in [0.25, 0.3) is 0 Å². The zero-order chi connectivity index (χ0) is 29.8. The molecule has 12 heteroatoms. The molecular formula is C28H52O12. The predicted octanol–water partition coefficient (Wildman–Crippen LogP) is 0.0250. The van der Waals surface area contributed by atoms with Crippen molar-refractivity contribution in [3.63, 3.8) is 0 Å². The second kappa shape index (κ2) is 17.3. The van der Waals surface area contributed by atoms with Gasteiger partial charge in [0.1, 0.15) is 36.6 Å². The first-order valence-electron chi connectivity index (χ1n) is 15.0. The number of carbonyl (C=O) groups is 1. The smallest absolute Gasteiger partial charge is 0.308 e. The Morgan fingerprint density at radius 2 is 1.12 bits per heavy atom. The average Bonchev–Trinajstić information content (AvgIpc) is 3.21. The number of hydrogen-bond donors (Lipinski definition) is 8. The molecule has 2 heterocycles. The molecule has 0 aromatic heterocycles. The highest BCUT2D eigenvalue weighted by molar-refractivity contribution is 5.70. The lowest BCUT2D eigenvalue weighted by Crippen LogP contribution is -2.78.